The number of carbonyl (C=O) groups is 1. The van der Waals surface area contributed by atoms with Crippen molar-refractivity contribution in [3.8, 4) is 0 Å². The number of thiophene rings is 1. The molecule has 1 rings (SSSR count). The molecule has 1 aromatic rings. The van der Waals surface area contributed by atoms with Crippen LogP contribution in [0.5, 0.6) is 0 Å². The highest BCUT2D eigenvalue weighted by atomic mass is 32.2. The molecule has 0 fully saturated rings. The third kappa shape index (κ3) is 4.69. The Morgan fingerprint density at radius 1 is 1.53 bits per heavy atom. The number of amides is 1. The second-order valence-electron chi connectivity index (χ2n) is 3.93. The molecule has 1 heterocycles. The molecule has 3 N–H and O–H groups in total. The van der Waals surface area contributed by atoms with Crippen LogP contribution in [0.4, 0.5) is 0 Å². The van der Waals surface area contributed by atoms with Gasteiger partial charge in [-0.1, -0.05) is 19.8 Å². The number of nitrogen functional groups attached to an aromatic ring is 1. The van der Waals surface area contributed by atoms with E-state index < -0.39 is 0 Å². The predicted octanol–water partition coefficient (Wildman–Crippen LogP) is 3.08. The van der Waals surface area contributed by atoms with Crippen LogP contribution in [0, 0.1) is 6.92 Å². The number of thioether (sulfide) groups is 1. The molecule has 0 aliphatic heterocycles. The monoisotopic (exact) mass is 272 g/mol. The molecule has 0 aliphatic carbocycles. The Hall–Kier alpha value is -0.520. The number of rotatable bonds is 7. The van der Waals surface area contributed by atoms with Gasteiger partial charge in [0.25, 0.3) is 5.91 Å². The van der Waals surface area contributed by atoms with Gasteiger partial charge in [0.15, 0.2) is 0 Å². The maximum atomic E-state index is 11.4. The highest BCUT2D eigenvalue weighted by molar-refractivity contribution is 7.98. The highest BCUT2D eigenvalue weighted by Crippen LogP contribution is 2.25. The molecule has 0 spiro atoms. The van der Waals surface area contributed by atoms with Gasteiger partial charge in [-0.05, 0) is 30.7 Å². The first kappa shape index (κ1) is 14.5. The maximum absolute atomic E-state index is 11.4. The van der Waals surface area contributed by atoms with Crippen molar-refractivity contribution in [2.24, 2.45) is 5.84 Å². The summed E-state index contributed by atoms with van der Waals surface area (Å²) in [5, 5.41) is 0. The van der Waals surface area contributed by atoms with Gasteiger partial charge in [-0.2, -0.15) is 11.8 Å². The molecular formula is C12H20N2OS2. The van der Waals surface area contributed by atoms with Crippen molar-refractivity contribution in [2.75, 3.05) is 5.75 Å². The van der Waals surface area contributed by atoms with Crippen LogP contribution < -0.4 is 11.3 Å². The molecule has 1 aromatic heterocycles. The summed E-state index contributed by atoms with van der Waals surface area (Å²) in [6.45, 7) is 4.27. The number of hydrogen-bond acceptors (Lipinski definition) is 4. The smallest absolute Gasteiger partial charge is 0.275 e. The first-order valence-corrected chi connectivity index (χ1v) is 7.84. The molecular weight excluding hydrogens is 252 g/mol. The molecule has 3 nitrogen and oxygen atoms in total. The summed E-state index contributed by atoms with van der Waals surface area (Å²) in [6.07, 6.45) is 3.84. The number of nitrogens with two attached hydrogens (primary N) is 1. The van der Waals surface area contributed by atoms with Crippen LogP contribution in [0.15, 0.2) is 6.07 Å². The van der Waals surface area contributed by atoms with E-state index in [1.807, 2.05) is 17.8 Å². The maximum Gasteiger partial charge on any atom is 0.275 e. The molecule has 17 heavy (non-hydrogen) atoms. The lowest BCUT2D eigenvalue weighted by molar-refractivity contribution is 0.0957. The Bertz CT molecular complexity index is 363. The lowest BCUT2D eigenvalue weighted by Gasteiger charge is -2.00. The van der Waals surface area contributed by atoms with E-state index in [9.17, 15) is 4.79 Å². The summed E-state index contributed by atoms with van der Waals surface area (Å²) >= 11 is 3.45. The van der Waals surface area contributed by atoms with E-state index in [4.69, 9.17) is 5.84 Å². The van der Waals surface area contributed by atoms with Crippen LogP contribution in [-0.2, 0) is 5.75 Å². The average Bonchev–Trinajstić information content (AvgIpc) is 2.70. The molecule has 0 aromatic carbocycles. The minimum absolute atomic E-state index is 0.194. The first-order valence-electron chi connectivity index (χ1n) is 5.87. The quantitative estimate of drug-likeness (QED) is 0.347. The lowest BCUT2D eigenvalue weighted by Crippen LogP contribution is -2.29. The van der Waals surface area contributed by atoms with Gasteiger partial charge >= 0.3 is 0 Å². The third-order valence-electron chi connectivity index (χ3n) is 2.53. The van der Waals surface area contributed by atoms with Crippen LogP contribution in [0.25, 0.3) is 0 Å². The van der Waals surface area contributed by atoms with E-state index in [1.165, 1.54) is 46.8 Å². The van der Waals surface area contributed by atoms with Crippen molar-refractivity contribution in [1.29, 1.82) is 0 Å². The van der Waals surface area contributed by atoms with Gasteiger partial charge in [-0.3, -0.25) is 10.2 Å². The largest absolute Gasteiger partial charge is 0.289 e. The van der Waals surface area contributed by atoms with Crippen LogP contribution in [-0.4, -0.2) is 11.7 Å². The summed E-state index contributed by atoms with van der Waals surface area (Å²) < 4.78 is 0. The van der Waals surface area contributed by atoms with Crippen LogP contribution in [0.2, 0.25) is 0 Å². The van der Waals surface area contributed by atoms with Crippen molar-refractivity contribution in [2.45, 2.75) is 38.9 Å². The topological polar surface area (TPSA) is 55.1 Å². The van der Waals surface area contributed by atoms with Crippen molar-refractivity contribution >= 4 is 29.0 Å². The molecule has 0 bridgehead atoms. The van der Waals surface area contributed by atoms with Gasteiger partial charge in [0.2, 0.25) is 0 Å². The molecule has 1 amide bonds. The second kappa shape index (κ2) is 7.74. The zero-order valence-corrected chi connectivity index (χ0v) is 12.0. The number of nitrogens with one attached hydrogen (secondary N) is 1. The lowest BCUT2D eigenvalue weighted by atomic mass is 10.3. The van der Waals surface area contributed by atoms with Crippen LogP contribution in [0.1, 0.15) is 46.3 Å². The zero-order valence-electron chi connectivity index (χ0n) is 10.4. The standard InChI is InChI=1S/C12H20N2OS2/c1-3-4-5-6-16-8-10-7-11(12(15)14-13)17-9(10)2/h7H,3-6,8,13H2,1-2H3,(H,14,15). The van der Waals surface area contributed by atoms with Crippen molar-refractivity contribution in [3.05, 3.63) is 21.4 Å². The van der Waals surface area contributed by atoms with Gasteiger partial charge in [-0.15, -0.1) is 11.3 Å². The van der Waals surface area contributed by atoms with E-state index in [0.29, 0.717) is 4.88 Å². The summed E-state index contributed by atoms with van der Waals surface area (Å²) in [5.41, 5.74) is 3.43. The average molecular weight is 272 g/mol. The fourth-order valence-electron chi connectivity index (χ4n) is 1.48. The Kier molecular flexibility index (Phi) is 6.62. The van der Waals surface area contributed by atoms with E-state index in [2.05, 4.69) is 19.3 Å². The molecule has 96 valence electrons. The van der Waals surface area contributed by atoms with Crippen LogP contribution >= 0.6 is 23.1 Å². The van der Waals surface area contributed by atoms with E-state index in [-0.39, 0.29) is 5.91 Å². The highest BCUT2D eigenvalue weighted by Gasteiger charge is 2.10. The molecule has 0 radical (unpaired) electrons. The van der Waals surface area contributed by atoms with Crippen molar-refractivity contribution in [3.63, 3.8) is 0 Å². The van der Waals surface area contributed by atoms with Crippen LogP contribution in [0.3, 0.4) is 0 Å². The van der Waals surface area contributed by atoms with E-state index in [0.717, 1.165) is 5.75 Å². The fraction of sp³-hybridized carbons (Fsp3) is 0.583. The molecule has 0 unspecified atom stereocenters. The Labute approximate surface area is 111 Å². The summed E-state index contributed by atoms with van der Waals surface area (Å²) in [4.78, 5) is 13.3. The van der Waals surface area contributed by atoms with Gasteiger partial charge in [0, 0.05) is 10.6 Å². The molecule has 0 aliphatic rings. The van der Waals surface area contributed by atoms with Gasteiger partial charge in [0.05, 0.1) is 4.88 Å². The Balaban J connectivity index is 2.43. The fourth-order valence-corrected chi connectivity index (χ4v) is 3.59. The number of hydrogen-bond donors (Lipinski definition) is 2. The summed E-state index contributed by atoms with van der Waals surface area (Å²) in [7, 11) is 0. The second-order valence-corrected chi connectivity index (χ2v) is 6.29. The molecule has 0 atom stereocenters. The van der Waals surface area contributed by atoms with Crippen molar-refractivity contribution < 1.29 is 4.79 Å². The first-order chi connectivity index (χ1) is 8.19. The minimum Gasteiger partial charge on any atom is -0.289 e. The Morgan fingerprint density at radius 2 is 2.29 bits per heavy atom. The van der Waals surface area contributed by atoms with Gasteiger partial charge < -0.3 is 0 Å². The molecule has 0 saturated carbocycles. The number of unbranched alkanes of at least 4 members (excludes halogenated alkanes) is 2. The van der Waals surface area contributed by atoms with E-state index >= 15 is 0 Å². The predicted molar refractivity (Wildman–Crippen MR) is 76.4 cm³/mol. The summed E-state index contributed by atoms with van der Waals surface area (Å²) in [6, 6.07) is 1.95. The SMILES string of the molecule is CCCCCSCc1cc(C(=O)NN)sc1C. The molecule has 5 heteroatoms. The van der Waals surface area contributed by atoms with Crippen molar-refractivity contribution in [1.82, 2.24) is 5.43 Å². The van der Waals surface area contributed by atoms with E-state index in [1.54, 1.807) is 0 Å². The number of hydrazine groups is 1. The zero-order chi connectivity index (χ0) is 12.7. The summed E-state index contributed by atoms with van der Waals surface area (Å²) in [5.74, 6) is 7.11. The molecule has 0 saturated heterocycles. The normalized spacial score (nSPS) is 10.5. The third-order valence-corrected chi connectivity index (χ3v) is 4.71. The Morgan fingerprint density at radius 3 is 2.94 bits per heavy atom. The van der Waals surface area contributed by atoms with Gasteiger partial charge in [-0.25, -0.2) is 5.84 Å². The number of carbonyl (C=O) groups excluding carboxylic acids is 1. The van der Waals surface area contributed by atoms with Gasteiger partial charge in [0.1, 0.15) is 0 Å². The minimum atomic E-state index is -0.194. The number of aryl methyl sites for hydroxylation is 1.